The highest BCUT2D eigenvalue weighted by Crippen LogP contribution is 2.17. The van der Waals surface area contributed by atoms with E-state index < -0.39 is 9.84 Å². The maximum absolute atomic E-state index is 11.7. The van der Waals surface area contributed by atoms with Gasteiger partial charge >= 0.3 is 0 Å². The molecule has 0 fully saturated rings. The van der Waals surface area contributed by atoms with Gasteiger partial charge in [0.1, 0.15) is 5.76 Å². The van der Waals surface area contributed by atoms with Crippen molar-refractivity contribution >= 4 is 39.8 Å². The molecule has 0 spiro atoms. The Morgan fingerprint density at radius 2 is 2.00 bits per heavy atom. The Morgan fingerprint density at radius 3 is 2.58 bits per heavy atom. The highest BCUT2D eigenvalue weighted by Gasteiger charge is 2.10. The van der Waals surface area contributed by atoms with Crippen LogP contribution in [0.5, 0.6) is 0 Å². The number of aryl methyl sites for hydroxylation is 1. The molecule has 1 aromatic heterocycles. The second-order valence-electron chi connectivity index (χ2n) is 5.82. The number of furan rings is 1. The topological polar surface area (TPSA) is 83.7 Å². The van der Waals surface area contributed by atoms with Crippen molar-refractivity contribution in [1.82, 2.24) is 10.6 Å². The normalized spacial score (nSPS) is 11.7. The Labute approximate surface area is 172 Å². The Morgan fingerprint density at radius 1 is 1.23 bits per heavy atom. The van der Waals surface area contributed by atoms with Crippen molar-refractivity contribution in [2.75, 3.05) is 19.3 Å². The smallest absolute Gasteiger partial charge is 0.191 e. The van der Waals surface area contributed by atoms with E-state index in [1.807, 2.05) is 25.1 Å². The van der Waals surface area contributed by atoms with Crippen LogP contribution in [0.1, 0.15) is 23.8 Å². The van der Waals surface area contributed by atoms with Gasteiger partial charge in [0.2, 0.25) is 0 Å². The first-order chi connectivity index (χ1) is 11.9. The molecule has 0 bridgehead atoms. The Bertz CT molecular complexity index is 818. The molecule has 26 heavy (non-hydrogen) atoms. The Balaban J connectivity index is 0.00000338. The number of rotatable bonds is 7. The third-order valence-corrected chi connectivity index (χ3v) is 4.90. The van der Waals surface area contributed by atoms with Crippen LogP contribution < -0.4 is 10.6 Å². The average Bonchev–Trinajstić information content (AvgIpc) is 3.04. The van der Waals surface area contributed by atoms with Gasteiger partial charge in [0, 0.05) is 25.8 Å². The summed E-state index contributed by atoms with van der Waals surface area (Å²) in [6.07, 6.45) is 3.66. The molecule has 2 rings (SSSR count). The Hall–Kier alpha value is -1.55. The predicted molar refractivity (Wildman–Crippen MR) is 115 cm³/mol. The molecule has 0 amide bonds. The number of nitrogens with zero attached hydrogens (tertiary/aromatic N) is 1. The zero-order valence-electron chi connectivity index (χ0n) is 15.3. The quantitative estimate of drug-likeness (QED) is 0.354. The molecule has 8 heteroatoms. The van der Waals surface area contributed by atoms with Gasteiger partial charge in [-0.15, -0.1) is 24.0 Å². The predicted octanol–water partition coefficient (Wildman–Crippen LogP) is 2.91. The highest BCUT2D eigenvalue weighted by atomic mass is 127. The number of aliphatic imine (C=N–C) groups is 1. The molecule has 0 unspecified atom stereocenters. The van der Waals surface area contributed by atoms with E-state index in [0.29, 0.717) is 18.0 Å². The minimum atomic E-state index is -3.19. The molecule has 0 atom stereocenters. The molecule has 0 aliphatic carbocycles. The number of nitrogens with one attached hydrogen (secondary N) is 2. The molecule has 1 heterocycles. The lowest BCUT2D eigenvalue weighted by Crippen LogP contribution is -2.38. The van der Waals surface area contributed by atoms with Crippen molar-refractivity contribution < 1.29 is 12.8 Å². The largest absolute Gasteiger partial charge is 0.469 e. The summed E-state index contributed by atoms with van der Waals surface area (Å²) in [6, 6.07) is 9.13. The van der Waals surface area contributed by atoms with Crippen LogP contribution in [0.3, 0.4) is 0 Å². The van der Waals surface area contributed by atoms with Crippen molar-refractivity contribution in [3.63, 3.8) is 0 Å². The van der Waals surface area contributed by atoms with Crippen LogP contribution in [0.15, 0.2) is 50.9 Å². The lowest BCUT2D eigenvalue weighted by Gasteiger charge is -2.11. The first-order valence-corrected chi connectivity index (χ1v) is 10.1. The van der Waals surface area contributed by atoms with Crippen molar-refractivity contribution in [2.24, 2.45) is 4.99 Å². The summed E-state index contributed by atoms with van der Waals surface area (Å²) in [6.45, 7) is 5.76. The maximum Gasteiger partial charge on any atom is 0.191 e. The fourth-order valence-electron chi connectivity index (χ4n) is 2.50. The van der Waals surface area contributed by atoms with E-state index in [9.17, 15) is 8.42 Å². The van der Waals surface area contributed by atoms with Crippen molar-refractivity contribution in [2.45, 2.75) is 31.7 Å². The zero-order valence-corrected chi connectivity index (χ0v) is 18.4. The number of hydrogen-bond donors (Lipinski definition) is 2. The van der Waals surface area contributed by atoms with Gasteiger partial charge in [0.15, 0.2) is 15.8 Å². The van der Waals surface area contributed by atoms with E-state index >= 15 is 0 Å². The average molecular weight is 491 g/mol. The lowest BCUT2D eigenvalue weighted by molar-refractivity contribution is 0.507. The van der Waals surface area contributed by atoms with Crippen LogP contribution in [-0.4, -0.2) is 33.7 Å². The van der Waals surface area contributed by atoms with Gasteiger partial charge in [-0.2, -0.15) is 0 Å². The molecule has 6 nitrogen and oxygen atoms in total. The molecule has 2 N–H and O–H groups in total. The van der Waals surface area contributed by atoms with E-state index in [-0.39, 0.29) is 24.0 Å². The SMILES string of the molecule is CCNC(=NCc1ccc(S(C)(=O)=O)c(C)c1)NCCc1ccco1.I. The van der Waals surface area contributed by atoms with Crippen LogP contribution in [-0.2, 0) is 22.8 Å². The number of halogens is 1. The minimum absolute atomic E-state index is 0. The van der Waals surface area contributed by atoms with Crippen molar-refractivity contribution in [3.05, 3.63) is 53.5 Å². The number of benzene rings is 1. The van der Waals surface area contributed by atoms with E-state index in [1.165, 1.54) is 6.26 Å². The minimum Gasteiger partial charge on any atom is -0.469 e. The Kier molecular flexibility index (Phi) is 9.14. The van der Waals surface area contributed by atoms with Crippen molar-refractivity contribution in [3.8, 4) is 0 Å². The number of sulfone groups is 1. The first-order valence-electron chi connectivity index (χ1n) is 8.24. The van der Waals surface area contributed by atoms with E-state index in [2.05, 4.69) is 15.6 Å². The van der Waals surface area contributed by atoms with Gasteiger partial charge in [-0.25, -0.2) is 13.4 Å². The van der Waals surface area contributed by atoms with Crippen LogP contribution >= 0.6 is 24.0 Å². The third kappa shape index (κ3) is 6.99. The van der Waals surface area contributed by atoms with Crippen LogP contribution in [0.25, 0.3) is 0 Å². The summed E-state index contributed by atoms with van der Waals surface area (Å²) in [5.74, 6) is 1.65. The first kappa shape index (κ1) is 22.5. The van der Waals surface area contributed by atoms with Crippen LogP contribution in [0.2, 0.25) is 0 Å². The van der Waals surface area contributed by atoms with E-state index in [0.717, 1.165) is 35.8 Å². The summed E-state index contributed by atoms with van der Waals surface area (Å²) >= 11 is 0. The second-order valence-corrected chi connectivity index (χ2v) is 7.81. The standard InChI is InChI=1S/C18H25N3O3S.HI/c1-4-19-18(20-10-9-16-6-5-11-24-16)21-13-15-7-8-17(14(2)12-15)25(3,22)23;/h5-8,11-12H,4,9-10,13H2,1-3H3,(H2,19,20,21);1H. The molecule has 0 aliphatic rings. The lowest BCUT2D eigenvalue weighted by atomic mass is 10.1. The maximum atomic E-state index is 11.7. The van der Waals surface area contributed by atoms with Crippen molar-refractivity contribution in [1.29, 1.82) is 0 Å². The molecule has 0 radical (unpaired) electrons. The summed E-state index contributed by atoms with van der Waals surface area (Å²) in [4.78, 5) is 4.91. The number of hydrogen-bond acceptors (Lipinski definition) is 4. The van der Waals surface area contributed by atoms with Gasteiger partial charge in [0.05, 0.1) is 17.7 Å². The molecule has 144 valence electrons. The van der Waals surface area contributed by atoms with Gasteiger partial charge < -0.3 is 15.1 Å². The highest BCUT2D eigenvalue weighted by molar-refractivity contribution is 14.0. The molecule has 1 aromatic carbocycles. The van der Waals surface area contributed by atoms with Gasteiger partial charge in [0.25, 0.3) is 0 Å². The summed E-state index contributed by atoms with van der Waals surface area (Å²) in [5, 5.41) is 6.46. The third-order valence-electron chi connectivity index (χ3n) is 3.65. The fourth-order valence-corrected chi connectivity index (χ4v) is 3.46. The molecule has 2 aromatic rings. The van der Waals surface area contributed by atoms with Gasteiger partial charge in [-0.1, -0.05) is 12.1 Å². The molecular weight excluding hydrogens is 465 g/mol. The summed E-state index contributed by atoms with van der Waals surface area (Å²) < 4.78 is 28.7. The molecule has 0 saturated heterocycles. The number of guanidine groups is 1. The van der Waals surface area contributed by atoms with E-state index in [1.54, 1.807) is 25.3 Å². The van der Waals surface area contributed by atoms with Crippen LogP contribution in [0.4, 0.5) is 0 Å². The summed E-state index contributed by atoms with van der Waals surface area (Å²) in [7, 11) is -3.19. The van der Waals surface area contributed by atoms with Gasteiger partial charge in [-0.3, -0.25) is 0 Å². The second kappa shape index (κ2) is 10.6. The zero-order chi connectivity index (χ0) is 18.3. The fraction of sp³-hybridized carbons (Fsp3) is 0.389. The van der Waals surface area contributed by atoms with Gasteiger partial charge in [-0.05, 0) is 43.2 Å². The molecular formula is C18H26IN3O3S. The molecule has 0 saturated carbocycles. The molecule has 0 aliphatic heterocycles. The van der Waals surface area contributed by atoms with Crippen LogP contribution in [0, 0.1) is 6.92 Å². The van der Waals surface area contributed by atoms with E-state index in [4.69, 9.17) is 4.42 Å². The summed E-state index contributed by atoms with van der Waals surface area (Å²) in [5.41, 5.74) is 1.71. The monoisotopic (exact) mass is 491 g/mol.